The second-order valence-corrected chi connectivity index (χ2v) is 3.48. The highest BCUT2D eigenvalue weighted by molar-refractivity contribution is 5.97. The summed E-state index contributed by atoms with van der Waals surface area (Å²) in [6, 6.07) is 3.85. The van der Waals surface area contributed by atoms with Crippen molar-refractivity contribution in [3.8, 4) is 5.75 Å². The van der Waals surface area contributed by atoms with E-state index in [2.05, 4.69) is 5.32 Å². The van der Waals surface area contributed by atoms with Crippen molar-refractivity contribution in [3.63, 3.8) is 0 Å². The Bertz CT molecular complexity index is 385. The van der Waals surface area contributed by atoms with Crippen LogP contribution in [0.2, 0.25) is 0 Å². The molecule has 1 amide bonds. The van der Waals surface area contributed by atoms with Gasteiger partial charge in [0.15, 0.2) is 0 Å². The van der Waals surface area contributed by atoms with Gasteiger partial charge in [0.05, 0.1) is 7.11 Å². The Kier molecular flexibility index (Phi) is 2.15. The second-order valence-electron chi connectivity index (χ2n) is 3.48. The van der Waals surface area contributed by atoms with Crippen molar-refractivity contribution in [3.05, 3.63) is 28.8 Å². The van der Waals surface area contributed by atoms with Crippen LogP contribution < -0.4 is 10.1 Å². The average Bonchev–Trinajstić information content (AvgIpc) is 2.19. The lowest BCUT2D eigenvalue weighted by Gasteiger charge is -2.18. The molecule has 1 N–H and O–H groups in total. The predicted octanol–water partition coefficient (Wildman–Crippen LogP) is 1.29. The molecule has 3 heteroatoms. The Morgan fingerprint density at radius 3 is 2.93 bits per heavy atom. The summed E-state index contributed by atoms with van der Waals surface area (Å²) in [5.41, 5.74) is 2.87. The van der Waals surface area contributed by atoms with Gasteiger partial charge in [-0.3, -0.25) is 4.79 Å². The molecule has 14 heavy (non-hydrogen) atoms. The number of hydrogen-bond acceptors (Lipinski definition) is 2. The van der Waals surface area contributed by atoms with Gasteiger partial charge >= 0.3 is 0 Å². The molecule has 0 aliphatic carbocycles. The highest BCUT2D eigenvalue weighted by Gasteiger charge is 2.18. The third-order valence-corrected chi connectivity index (χ3v) is 2.55. The Morgan fingerprint density at radius 2 is 2.21 bits per heavy atom. The molecule has 1 aromatic carbocycles. The standard InChI is InChI=1S/C11H13NO2/c1-7-5-9-8(6-10(7)14-2)3-4-12-11(9)13/h5-6H,3-4H2,1-2H3,(H,12,13). The summed E-state index contributed by atoms with van der Waals surface area (Å²) in [6.07, 6.45) is 0.887. The molecular formula is C11H13NO2. The Labute approximate surface area is 83.1 Å². The molecule has 0 saturated carbocycles. The molecular weight excluding hydrogens is 178 g/mol. The van der Waals surface area contributed by atoms with E-state index in [1.54, 1.807) is 7.11 Å². The molecule has 0 unspecified atom stereocenters. The highest BCUT2D eigenvalue weighted by atomic mass is 16.5. The van der Waals surface area contributed by atoms with Crippen LogP contribution in [-0.2, 0) is 6.42 Å². The van der Waals surface area contributed by atoms with Crippen LogP contribution in [0, 0.1) is 6.92 Å². The summed E-state index contributed by atoms with van der Waals surface area (Å²) in [4.78, 5) is 11.5. The van der Waals surface area contributed by atoms with Crippen molar-refractivity contribution in [2.75, 3.05) is 13.7 Å². The van der Waals surface area contributed by atoms with Gasteiger partial charge in [0.25, 0.3) is 5.91 Å². The zero-order chi connectivity index (χ0) is 10.1. The second kappa shape index (κ2) is 3.33. The van der Waals surface area contributed by atoms with Gasteiger partial charge in [-0.1, -0.05) is 0 Å². The highest BCUT2D eigenvalue weighted by Crippen LogP contribution is 2.24. The Balaban J connectivity index is 2.54. The minimum absolute atomic E-state index is 0.0250. The molecule has 1 aliphatic rings. The van der Waals surface area contributed by atoms with Gasteiger partial charge in [-0.25, -0.2) is 0 Å². The fraction of sp³-hybridized carbons (Fsp3) is 0.364. The summed E-state index contributed by atoms with van der Waals surface area (Å²) >= 11 is 0. The van der Waals surface area contributed by atoms with Crippen LogP contribution in [0.1, 0.15) is 21.5 Å². The van der Waals surface area contributed by atoms with E-state index in [1.807, 2.05) is 19.1 Å². The number of carbonyl (C=O) groups excluding carboxylic acids is 1. The maximum Gasteiger partial charge on any atom is 0.251 e. The van der Waals surface area contributed by atoms with Crippen LogP contribution in [-0.4, -0.2) is 19.6 Å². The first-order valence-corrected chi connectivity index (χ1v) is 4.68. The predicted molar refractivity (Wildman–Crippen MR) is 53.8 cm³/mol. The summed E-state index contributed by atoms with van der Waals surface area (Å²) in [7, 11) is 1.65. The first kappa shape index (κ1) is 9.06. The third-order valence-electron chi connectivity index (χ3n) is 2.55. The first-order valence-electron chi connectivity index (χ1n) is 4.68. The third kappa shape index (κ3) is 1.35. The number of ether oxygens (including phenoxy) is 1. The van der Waals surface area contributed by atoms with Crippen LogP contribution in [0.4, 0.5) is 0 Å². The normalized spacial score (nSPS) is 14.6. The lowest BCUT2D eigenvalue weighted by atomic mass is 9.97. The zero-order valence-corrected chi connectivity index (χ0v) is 8.39. The van der Waals surface area contributed by atoms with E-state index < -0.39 is 0 Å². The summed E-state index contributed by atoms with van der Waals surface area (Å²) in [6.45, 7) is 2.67. The summed E-state index contributed by atoms with van der Waals surface area (Å²) in [5, 5.41) is 2.82. The molecule has 0 radical (unpaired) electrons. The van der Waals surface area contributed by atoms with Gasteiger partial charge in [0.1, 0.15) is 5.75 Å². The van der Waals surface area contributed by atoms with Crippen molar-refractivity contribution in [2.45, 2.75) is 13.3 Å². The van der Waals surface area contributed by atoms with Crippen molar-refractivity contribution in [2.24, 2.45) is 0 Å². The summed E-state index contributed by atoms with van der Waals surface area (Å²) < 4.78 is 5.21. The number of nitrogens with one attached hydrogen (secondary N) is 1. The number of fused-ring (bicyclic) bond motifs is 1. The van der Waals surface area contributed by atoms with E-state index in [0.717, 1.165) is 35.4 Å². The van der Waals surface area contributed by atoms with Gasteiger partial charge in [0.2, 0.25) is 0 Å². The molecule has 0 saturated heterocycles. The monoisotopic (exact) mass is 191 g/mol. The Morgan fingerprint density at radius 1 is 1.43 bits per heavy atom. The van der Waals surface area contributed by atoms with Crippen molar-refractivity contribution in [1.82, 2.24) is 5.32 Å². The van der Waals surface area contributed by atoms with Gasteiger partial charge < -0.3 is 10.1 Å². The van der Waals surface area contributed by atoms with Gasteiger partial charge in [-0.05, 0) is 36.6 Å². The topological polar surface area (TPSA) is 38.3 Å². The van der Waals surface area contributed by atoms with Crippen molar-refractivity contribution < 1.29 is 9.53 Å². The van der Waals surface area contributed by atoms with E-state index in [1.165, 1.54) is 0 Å². The fourth-order valence-corrected chi connectivity index (χ4v) is 1.77. The Hall–Kier alpha value is -1.51. The number of amides is 1. The van der Waals surface area contributed by atoms with Crippen LogP contribution in [0.3, 0.4) is 0 Å². The van der Waals surface area contributed by atoms with E-state index in [-0.39, 0.29) is 5.91 Å². The van der Waals surface area contributed by atoms with Crippen molar-refractivity contribution in [1.29, 1.82) is 0 Å². The van der Waals surface area contributed by atoms with E-state index >= 15 is 0 Å². The lowest BCUT2D eigenvalue weighted by molar-refractivity contribution is 0.0946. The zero-order valence-electron chi connectivity index (χ0n) is 8.39. The fourth-order valence-electron chi connectivity index (χ4n) is 1.77. The maximum absolute atomic E-state index is 11.5. The number of hydrogen-bond donors (Lipinski definition) is 1. The molecule has 0 fully saturated rings. The quantitative estimate of drug-likeness (QED) is 0.726. The number of rotatable bonds is 1. The van der Waals surface area contributed by atoms with E-state index in [9.17, 15) is 4.79 Å². The molecule has 0 atom stereocenters. The minimum Gasteiger partial charge on any atom is -0.496 e. The molecule has 2 rings (SSSR count). The lowest BCUT2D eigenvalue weighted by Crippen LogP contribution is -2.31. The number of carbonyl (C=O) groups is 1. The van der Waals surface area contributed by atoms with Crippen LogP contribution in [0.15, 0.2) is 12.1 Å². The molecule has 0 aromatic heterocycles. The average molecular weight is 191 g/mol. The molecule has 1 aliphatic heterocycles. The number of benzene rings is 1. The van der Waals surface area contributed by atoms with Gasteiger partial charge in [-0.15, -0.1) is 0 Å². The number of aryl methyl sites for hydroxylation is 1. The molecule has 74 valence electrons. The van der Waals surface area contributed by atoms with Gasteiger partial charge in [-0.2, -0.15) is 0 Å². The van der Waals surface area contributed by atoms with Crippen LogP contribution >= 0.6 is 0 Å². The first-order chi connectivity index (χ1) is 6.72. The molecule has 0 spiro atoms. The largest absolute Gasteiger partial charge is 0.496 e. The minimum atomic E-state index is 0.0250. The van der Waals surface area contributed by atoms with Crippen molar-refractivity contribution >= 4 is 5.91 Å². The number of methoxy groups -OCH3 is 1. The maximum atomic E-state index is 11.5. The van der Waals surface area contributed by atoms with E-state index in [0.29, 0.717) is 0 Å². The molecule has 1 heterocycles. The molecule has 1 aromatic rings. The summed E-state index contributed by atoms with van der Waals surface area (Å²) in [5.74, 6) is 0.885. The molecule has 0 bridgehead atoms. The SMILES string of the molecule is COc1cc2c(cc1C)C(=O)NCC2. The molecule has 3 nitrogen and oxygen atoms in total. The van der Waals surface area contributed by atoms with Gasteiger partial charge in [0, 0.05) is 12.1 Å². The van der Waals surface area contributed by atoms with E-state index in [4.69, 9.17) is 4.74 Å². The van der Waals surface area contributed by atoms with Crippen LogP contribution in [0.25, 0.3) is 0 Å². The smallest absolute Gasteiger partial charge is 0.251 e. The van der Waals surface area contributed by atoms with Crippen LogP contribution in [0.5, 0.6) is 5.75 Å².